The average molecular weight is 321 g/mol. The van der Waals surface area contributed by atoms with E-state index in [2.05, 4.69) is 21.2 Å². The molecule has 0 spiro atoms. The summed E-state index contributed by atoms with van der Waals surface area (Å²) in [5.41, 5.74) is 0.0466. The molecule has 0 atom stereocenters. The molecule has 1 aromatic carbocycles. The first-order chi connectivity index (χ1) is 7.89. The number of halogens is 2. The third-order valence-electron chi connectivity index (χ3n) is 2.19. The average Bonchev–Trinajstić information content (AvgIpc) is 2.28. The molecule has 1 aromatic rings. The number of amides is 1. The van der Waals surface area contributed by atoms with Crippen molar-refractivity contribution in [1.82, 2.24) is 5.32 Å². The van der Waals surface area contributed by atoms with Crippen LogP contribution in [0, 0.1) is 0 Å². The van der Waals surface area contributed by atoms with Gasteiger partial charge in [-0.15, -0.1) is 11.6 Å². The number of nitrogens with one attached hydrogen (secondary N) is 1. The Labute approximate surface area is 115 Å². The molecular formula is C12H15BrClNO2. The van der Waals surface area contributed by atoms with E-state index in [9.17, 15) is 4.79 Å². The smallest absolute Gasteiger partial charge is 0.255 e. The number of ether oxygens (including phenoxy) is 1. The summed E-state index contributed by atoms with van der Waals surface area (Å²) >= 11 is 9.10. The quantitative estimate of drug-likeness (QED) is 0.865. The molecule has 17 heavy (non-hydrogen) atoms. The van der Waals surface area contributed by atoms with Crippen LogP contribution in [0.15, 0.2) is 22.7 Å². The predicted octanol–water partition coefficient (Wildman–Crippen LogP) is 3.20. The lowest BCUT2D eigenvalue weighted by molar-refractivity contribution is 0.0917. The molecular weight excluding hydrogens is 305 g/mol. The zero-order valence-electron chi connectivity index (χ0n) is 10.0. The van der Waals surface area contributed by atoms with Crippen molar-refractivity contribution in [2.24, 2.45) is 0 Å². The lowest BCUT2D eigenvalue weighted by Gasteiger charge is -2.23. The van der Waals surface area contributed by atoms with Crippen molar-refractivity contribution in [3.63, 3.8) is 0 Å². The first-order valence-corrected chi connectivity index (χ1v) is 6.44. The van der Waals surface area contributed by atoms with Gasteiger partial charge in [0, 0.05) is 15.9 Å². The van der Waals surface area contributed by atoms with Gasteiger partial charge in [0.1, 0.15) is 5.75 Å². The minimum Gasteiger partial charge on any atom is -0.496 e. The van der Waals surface area contributed by atoms with Crippen LogP contribution in [0.3, 0.4) is 0 Å². The molecule has 0 bridgehead atoms. The number of carbonyl (C=O) groups is 1. The summed E-state index contributed by atoms with van der Waals surface area (Å²) in [5, 5.41) is 2.85. The minimum absolute atomic E-state index is 0.194. The molecule has 1 rings (SSSR count). The van der Waals surface area contributed by atoms with Crippen LogP contribution in [0.1, 0.15) is 24.2 Å². The van der Waals surface area contributed by atoms with Gasteiger partial charge in [-0.25, -0.2) is 0 Å². The van der Waals surface area contributed by atoms with Crippen LogP contribution in [-0.4, -0.2) is 24.4 Å². The Kier molecular flexibility index (Phi) is 4.83. The van der Waals surface area contributed by atoms with E-state index in [4.69, 9.17) is 16.3 Å². The fourth-order valence-electron chi connectivity index (χ4n) is 1.26. The van der Waals surface area contributed by atoms with Crippen LogP contribution in [0.4, 0.5) is 0 Å². The number of carbonyl (C=O) groups excluding carboxylic acids is 1. The summed E-state index contributed by atoms with van der Waals surface area (Å²) in [6, 6.07) is 5.26. The lowest BCUT2D eigenvalue weighted by Crippen LogP contribution is -2.45. The van der Waals surface area contributed by atoms with E-state index in [-0.39, 0.29) is 5.91 Å². The summed E-state index contributed by atoms with van der Waals surface area (Å²) in [5.74, 6) is 0.680. The van der Waals surface area contributed by atoms with E-state index in [0.717, 1.165) is 4.47 Å². The summed E-state index contributed by atoms with van der Waals surface area (Å²) in [7, 11) is 1.53. The largest absolute Gasteiger partial charge is 0.496 e. The number of benzene rings is 1. The van der Waals surface area contributed by atoms with Crippen LogP contribution >= 0.6 is 27.5 Å². The molecule has 0 unspecified atom stereocenters. The molecule has 0 saturated heterocycles. The summed E-state index contributed by atoms with van der Waals surface area (Å²) < 4.78 is 6.04. The maximum absolute atomic E-state index is 12.0. The maximum Gasteiger partial charge on any atom is 0.255 e. The number of alkyl halides is 1. The first kappa shape index (κ1) is 14.3. The van der Waals surface area contributed by atoms with Crippen LogP contribution in [-0.2, 0) is 0 Å². The molecule has 0 aliphatic carbocycles. The van der Waals surface area contributed by atoms with Crippen molar-refractivity contribution in [3.05, 3.63) is 28.2 Å². The molecule has 1 N–H and O–H groups in total. The fourth-order valence-corrected chi connectivity index (χ4v) is 1.67. The van der Waals surface area contributed by atoms with E-state index in [1.165, 1.54) is 7.11 Å². The molecule has 0 radical (unpaired) electrons. The molecule has 0 aromatic heterocycles. The Morgan fingerprint density at radius 1 is 1.53 bits per heavy atom. The molecule has 1 amide bonds. The fraction of sp³-hybridized carbons (Fsp3) is 0.417. The second kappa shape index (κ2) is 5.74. The summed E-state index contributed by atoms with van der Waals surface area (Å²) in [6.07, 6.45) is 0. The molecule has 0 aliphatic heterocycles. The topological polar surface area (TPSA) is 38.3 Å². The predicted molar refractivity (Wildman–Crippen MR) is 73.0 cm³/mol. The van der Waals surface area contributed by atoms with E-state index in [1.807, 2.05) is 13.8 Å². The lowest BCUT2D eigenvalue weighted by atomic mass is 10.1. The van der Waals surface area contributed by atoms with Gasteiger partial charge in [-0.2, -0.15) is 0 Å². The molecule has 0 fully saturated rings. The molecule has 0 saturated carbocycles. The van der Waals surface area contributed by atoms with Gasteiger partial charge in [0.2, 0.25) is 0 Å². The third-order valence-corrected chi connectivity index (χ3v) is 3.36. The molecule has 0 aliphatic rings. The Bertz CT molecular complexity index is 421. The second-order valence-electron chi connectivity index (χ2n) is 4.32. The Morgan fingerprint density at radius 2 is 2.18 bits per heavy atom. The zero-order valence-corrected chi connectivity index (χ0v) is 12.4. The molecule has 94 valence electrons. The Hall–Kier alpha value is -0.740. The van der Waals surface area contributed by atoms with Gasteiger partial charge in [-0.1, -0.05) is 15.9 Å². The Balaban J connectivity index is 2.96. The highest BCUT2D eigenvalue weighted by molar-refractivity contribution is 9.10. The SMILES string of the molecule is COc1cc(Br)ccc1C(=O)NC(C)(C)CCl. The summed E-state index contributed by atoms with van der Waals surface area (Å²) in [4.78, 5) is 12.0. The van der Waals surface area contributed by atoms with Gasteiger partial charge < -0.3 is 10.1 Å². The van der Waals surface area contributed by atoms with E-state index in [1.54, 1.807) is 18.2 Å². The van der Waals surface area contributed by atoms with Gasteiger partial charge in [0.25, 0.3) is 5.91 Å². The van der Waals surface area contributed by atoms with Crippen LogP contribution in [0.5, 0.6) is 5.75 Å². The van der Waals surface area contributed by atoms with Crippen molar-refractivity contribution < 1.29 is 9.53 Å². The normalized spacial score (nSPS) is 11.1. The second-order valence-corrected chi connectivity index (χ2v) is 5.50. The van der Waals surface area contributed by atoms with Crippen molar-refractivity contribution in [2.45, 2.75) is 19.4 Å². The summed E-state index contributed by atoms with van der Waals surface area (Å²) in [6.45, 7) is 3.73. The number of hydrogen-bond donors (Lipinski definition) is 1. The van der Waals surface area contributed by atoms with Crippen molar-refractivity contribution >= 4 is 33.4 Å². The van der Waals surface area contributed by atoms with Gasteiger partial charge in [0.05, 0.1) is 12.7 Å². The number of rotatable bonds is 4. The molecule has 0 heterocycles. The van der Waals surface area contributed by atoms with Gasteiger partial charge in [-0.05, 0) is 32.0 Å². The minimum atomic E-state index is -0.448. The zero-order chi connectivity index (χ0) is 13.1. The highest BCUT2D eigenvalue weighted by Crippen LogP contribution is 2.24. The van der Waals surface area contributed by atoms with Gasteiger partial charge in [-0.3, -0.25) is 4.79 Å². The van der Waals surface area contributed by atoms with Crippen molar-refractivity contribution in [2.75, 3.05) is 13.0 Å². The van der Waals surface area contributed by atoms with Gasteiger partial charge >= 0.3 is 0 Å². The van der Waals surface area contributed by atoms with Crippen molar-refractivity contribution in [3.8, 4) is 5.75 Å². The van der Waals surface area contributed by atoms with Crippen LogP contribution in [0.25, 0.3) is 0 Å². The van der Waals surface area contributed by atoms with Crippen LogP contribution in [0.2, 0.25) is 0 Å². The number of methoxy groups -OCH3 is 1. The van der Waals surface area contributed by atoms with E-state index in [0.29, 0.717) is 17.2 Å². The van der Waals surface area contributed by atoms with E-state index >= 15 is 0 Å². The van der Waals surface area contributed by atoms with E-state index < -0.39 is 5.54 Å². The monoisotopic (exact) mass is 319 g/mol. The maximum atomic E-state index is 12.0. The standard InChI is InChI=1S/C12H15BrClNO2/c1-12(2,7-14)15-11(16)9-5-4-8(13)6-10(9)17-3/h4-6H,7H2,1-3H3,(H,15,16). The van der Waals surface area contributed by atoms with Crippen molar-refractivity contribution in [1.29, 1.82) is 0 Å². The molecule has 3 nitrogen and oxygen atoms in total. The first-order valence-electron chi connectivity index (χ1n) is 5.11. The van der Waals surface area contributed by atoms with Crippen LogP contribution < -0.4 is 10.1 Å². The highest BCUT2D eigenvalue weighted by atomic mass is 79.9. The molecule has 5 heteroatoms. The number of hydrogen-bond acceptors (Lipinski definition) is 2. The van der Waals surface area contributed by atoms with Gasteiger partial charge in [0.15, 0.2) is 0 Å². The third kappa shape index (κ3) is 3.89. The Morgan fingerprint density at radius 3 is 2.71 bits per heavy atom. The highest BCUT2D eigenvalue weighted by Gasteiger charge is 2.21.